The Hall–Kier alpha value is -1.10. The summed E-state index contributed by atoms with van der Waals surface area (Å²) in [6.45, 7) is 3.61. The summed E-state index contributed by atoms with van der Waals surface area (Å²) in [6.07, 6.45) is 0.0143. The molecule has 0 saturated carbocycles. The van der Waals surface area contributed by atoms with Gasteiger partial charge in [-0.15, -0.1) is 0 Å². The van der Waals surface area contributed by atoms with Crippen LogP contribution in [-0.4, -0.2) is 38.1 Å². The topological polar surface area (TPSA) is 47.9 Å². The van der Waals surface area contributed by atoms with E-state index in [0.29, 0.717) is 26.2 Å². The van der Waals surface area contributed by atoms with Crippen molar-refractivity contribution < 1.29 is 19.3 Å². The van der Waals surface area contributed by atoms with Crippen molar-refractivity contribution in [3.8, 4) is 5.75 Å². The van der Waals surface area contributed by atoms with Crippen LogP contribution in [0.5, 0.6) is 5.75 Å². The van der Waals surface area contributed by atoms with E-state index >= 15 is 0 Å². The van der Waals surface area contributed by atoms with Crippen LogP contribution in [0.2, 0.25) is 0 Å². The third-order valence-electron chi connectivity index (χ3n) is 3.04. The number of fused-ring (bicyclic) bond motifs is 1. The third kappa shape index (κ3) is 3.22. The van der Waals surface area contributed by atoms with Gasteiger partial charge in [-0.1, -0.05) is 11.6 Å². The molecule has 1 aromatic carbocycles. The predicted molar refractivity (Wildman–Crippen MR) is 67.9 cm³/mol. The van der Waals surface area contributed by atoms with Crippen LogP contribution in [0.25, 0.3) is 0 Å². The van der Waals surface area contributed by atoms with E-state index in [-0.39, 0.29) is 6.10 Å². The molecule has 0 bridgehead atoms. The second-order valence-electron chi connectivity index (χ2n) is 4.60. The number of ether oxygens (including phenoxy) is 3. The Balaban J connectivity index is 1.93. The molecule has 0 fully saturated rings. The lowest BCUT2D eigenvalue weighted by atomic mass is 9.98. The Morgan fingerprint density at radius 1 is 1.39 bits per heavy atom. The van der Waals surface area contributed by atoms with Crippen molar-refractivity contribution in [2.45, 2.75) is 25.6 Å². The Morgan fingerprint density at radius 3 is 3.00 bits per heavy atom. The monoisotopic (exact) mass is 252 g/mol. The number of aryl methyl sites for hydroxylation is 1. The molecule has 0 aliphatic carbocycles. The van der Waals surface area contributed by atoms with Crippen molar-refractivity contribution in [3.63, 3.8) is 0 Å². The van der Waals surface area contributed by atoms with Crippen LogP contribution in [-0.2, 0) is 9.47 Å². The maximum absolute atomic E-state index is 10.1. The zero-order valence-electron chi connectivity index (χ0n) is 10.9. The van der Waals surface area contributed by atoms with Crippen molar-refractivity contribution in [2.75, 3.05) is 26.9 Å². The molecule has 1 heterocycles. The number of rotatable bonds is 5. The van der Waals surface area contributed by atoms with Crippen molar-refractivity contribution in [2.24, 2.45) is 0 Å². The molecule has 1 aromatic rings. The number of benzene rings is 1. The normalized spacial score (nSPS) is 22.4. The summed E-state index contributed by atoms with van der Waals surface area (Å²) < 4.78 is 16.2. The first-order valence-corrected chi connectivity index (χ1v) is 6.22. The molecule has 2 unspecified atom stereocenters. The van der Waals surface area contributed by atoms with E-state index in [2.05, 4.69) is 0 Å². The first-order valence-electron chi connectivity index (χ1n) is 6.22. The van der Waals surface area contributed by atoms with Crippen LogP contribution in [0, 0.1) is 6.92 Å². The second-order valence-corrected chi connectivity index (χ2v) is 4.60. The molecule has 1 aliphatic rings. The van der Waals surface area contributed by atoms with Gasteiger partial charge in [-0.25, -0.2) is 0 Å². The summed E-state index contributed by atoms with van der Waals surface area (Å²) in [6, 6.07) is 5.87. The van der Waals surface area contributed by atoms with Gasteiger partial charge >= 0.3 is 0 Å². The molecular weight excluding hydrogens is 232 g/mol. The fourth-order valence-corrected chi connectivity index (χ4v) is 2.10. The fourth-order valence-electron chi connectivity index (χ4n) is 2.10. The Labute approximate surface area is 107 Å². The van der Waals surface area contributed by atoms with E-state index in [1.807, 2.05) is 25.1 Å². The zero-order valence-corrected chi connectivity index (χ0v) is 10.9. The minimum absolute atomic E-state index is 0.0907. The maximum Gasteiger partial charge on any atom is 0.125 e. The average Bonchev–Trinajstić information content (AvgIpc) is 2.36. The largest absolute Gasteiger partial charge is 0.488 e. The average molecular weight is 252 g/mol. The van der Waals surface area contributed by atoms with Gasteiger partial charge in [0.15, 0.2) is 0 Å². The molecule has 0 aromatic heterocycles. The third-order valence-corrected chi connectivity index (χ3v) is 3.04. The van der Waals surface area contributed by atoms with Crippen LogP contribution in [0.3, 0.4) is 0 Å². The Kier molecular flexibility index (Phi) is 4.58. The van der Waals surface area contributed by atoms with E-state index in [0.717, 1.165) is 16.9 Å². The molecule has 1 aliphatic heterocycles. The van der Waals surface area contributed by atoms with Gasteiger partial charge in [0.25, 0.3) is 0 Å². The molecule has 100 valence electrons. The number of methoxy groups -OCH3 is 1. The summed E-state index contributed by atoms with van der Waals surface area (Å²) in [5.74, 6) is 0.764. The van der Waals surface area contributed by atoms with Crippen molar-refractivity contribution in [1.82, 2.24) is 0 Å². The van der Waals surface area contributed by atoms with Crippen LogP contribution in [0.1, 0.15) is 23.7 Å². The number of hydrogen-bond donors (Lipinski definition) is 1. The van der Waals surface area contributed by atoms with Gasteiger partial charge in [0, 0.05) is 19.1 Å². The molecule has 2 atom stereocenters. The van der Waals surface area contributed by atoms with E-state index in [1.165, 1.54) is 0 Å². The first-order chi connectivity index (χ1) is 8.70. The van der Waals surface area contributed by atoms with Gasteiger partial charge in [-0.05, 0) is 19.1 Å². The van der Waals surface area contributed by atoms with Crippen molar-refractivity contribution in [3.05, 3.63) is 29.3 Å². The highest BCUT2D eigenvalue weighted by Gasteiger charge is 2.26. The van der Waals surface area contributed by atoms with Gasteiger partial charge in [-0.3, -0.25) is 0 Å². The molecular formula is C14H20O4. The molecule has 1 N–H and O–H groups in total. The minimum atomic E-state index is -0.468. The second kappa shape index (κ2) is 6.18. The van der Waals surface area contributed by atoms with Gasteiger partial charge < -0.3 is 19.3 Å². The van der Waals surface area contributed by atoms with Gasteiger partial charge in [0.05, 0.1) is 25.9 Å². The summed E-state index contributed by atoms with van der Waals surface area (Å²) in [5.41, 5.74) is 2.01. The van der Waals surface area contributed by atoms with Crippen LogP contribution >= 0.6 is 0 Å². The lowest BCUT2D eigenvalue weighted by Crippen LogP contribution is -2.30. The molecule has 0 amide bonds. The molecule has 4 nitrogen and oxygen atoms in total. The molecule has 0 saturated heterocycles. The number of hydrogen-bond acceptors (Lipinski definition) is 4. The smallest absolute Gasteiger partial charge is 0.125 e. The molecule has 0 radical (unpaired) electrons. The molecule has 2 rings (SSSR count). The Morgan fingerprint density at radius 2 is 2.22 bits per heavy atom. The zero-order chi connectivity index (χ0) is 13.0. The first kappa shape index (κ1) is 13.3. The minimum Gasteiger partial charge on any atom is -0.488 e. The highest BCUT2D eigenvalue weighted by Crippen LogP contribution is 2.35. The highest BCUT2D eigenvalue weighted by atomic mass is 16.5. The lowest BCUT2D eigenvalue weighted by Gasteiger charge is -2.29. The molecule has 0 spiro atoms. The van der Waals surface area contributed by atoms with Crippen molar-refractivity contribution in [1.29, 1.82) is 0 Å². The summed E-state index contributed by atoms with van der Waals surface area (Å²) in [5, 5.41) is 10.1. The molecule has 18 heavy (non-hydrogen) atoms. The molecule has 4 heteroatoms. The van der Waals surface area contributed by atoms with E-state index in [1.54, 1.807) is 7.11 Å². The number of aliphatic hydroxyl groups excluding tert-OH is 1. The van der Waals surface area contributed by atoms with E-state index < -0.39 is 6.10 Å². The fraction of sp³-hybridized carbons (Fsp3) is 0.571. The van der Waals surface area contributed by atoms with Gasteiger partial charge in [-0.2, -0.15) is 0 Å². The van der Waals surface area contributed by atoms with Gasteiger partial charge in [0.2, 0.25) is 0 Å². The van der Waals surface area contributed by atoms with Crippen LogP contribution in [0.15, 0.2) is 18.2 Å². The Bertz CT molecular complexity index is 391. The van der Waals surface area contributed by atoms with E-state index in [4.69, 9.17) is 14.2 Å². The van der Waals surface area contributed by atoms with Crippen LogP contribution in [0.4, 0.5) is 0 Å². The maximum atomic E-state index is 10.1. The lowest BCUT2D eigenvalue weighted by molar-refractivity contribution is -0.00949. The van der Waals surface area contributed by atoms with Crippen molar-refractivity contribution >= 4 is 0 Å². The van der Waals surface area contributed by atoms with E-state index in [9.17, 15) is 5.11 Å². The summed E-state index contributed by atoms with van der Waals surface area (Å²) in [7, 11) is 1.64. The van der Waals surface area contributed by atoms with Crippen LogP contribution < -0.4 is 4.74 Å². The number of aliphatic hydroxyl groups is 1. The van der Waals surface area contributed by atoms with Gasteiger partial charge in [0.1, 0.15) is 11.9 Å². The SMILES string of the molecule is COCCOCC1CC(O)c2cc(C)ccc2O1. The predicted octanol–water partition coefficient (Wildman–Crippen LogP) is 1.84. The quantitative estimate of drug-likeness (QED) is 0.812. The summed E-state index contributed by atoms with van der Waals surface area (Å²) >= 11 is 0. The standard InChI is InChI=1S/C14H20O4/c1-10-3-4-14-12(7-10)13(15)8-11(18-14)9-17-6-5-16-2/h3-4,7,11,13,15H,5-6,8-9H2,1-2H3. The highest BCUT2D eigenvalue weighted by molar-refractivity contribution is 5.40. The summed E-state index contributed by atoms with van der Waals surface area (Å²) in [4.78, 5) is 0.